The van der Waals surface area contributed by atoms with Gasteiger partial charge in [0.25, 0.3) is 5.69 Å². The van der Waals surface area contributed by atoms with Crippen molar-refractivity contribution in [1.82, 2.24) is 15.0 Å². The zero-order valence-electron chi connectivity index (χ0n) is 9.25. The van der Waals surface area contributed by atoms with Crippen LogP contribution in [-0.2, 0) is 0 Å². The fourth-order valence-electron chi connectivity index (χ4n) is 1.45. The molecule has 0 radical (unpaired) electrons. The molecular formula is C10H8BrFN4O2. The van der Waals surface area contributed by atoms with Crippen molar-refractivity contribution in [2.45, 2.75) is 11.8 Å². The van der Waals surface area contributed by atoms with Crippen molar-refractivity contribution in [3.05, 3.63) is 46.0 Å². The van der Waals surface area contributed by atoms with Crippen LogP contribution >= 0.6 is 15.9 Å². The Balaban J connectivity index is 2.58. The molecule has 1 unspecified atom stereocenters. The molecule has 0 spiro atoms. The van der Waals surface area contributed by atoms with Gasteiger partial charge in [-0.15, -0.1) is 5.10 Å². The highest BCUT2D eigenvalue weighted by atomic mass is 79.9. The average Bonchev–Trinajstić information content (AvgIpc) is 2.77. The average molecular weight is 315 g/mol. The maximum Gasteiger partial charge on any atom is 0.297 e. The number of hydrogen-bond donors (Lipinski definition) is 0. The monoisotopic (exact) mass is 314 g/mol. The second-order valence-corrected chi connectivity index (χ2v) is 4.94. The van der Waals surface area contributed by atoms with Crippen LogP contribution in [0.3, 0.4) is 0 Å². The maximum atomic E-state index is 13.7. The van der Waals surface area contributed by atoms with Crippen LogP contribution < -0.4 is 0 Å². The van der Waals surface area contributed by atoms with Gasteiger partial charge in [-0.1, -0.05) is 27.2 Å². The number of benzene rings is 1. The predicted octanol–water partition coefficient (Wildman–Crippen LogP) is 2.77. The van der Waals surface area contributed by atoms with E-state index in [1.54, 1.807) is 0 Å². The minimum Gasteiger partial charge on any atom is -0.258 e. The topological polar surface area (TPSA) is 73.8 Å². The van der Waals surface area contributed by atoms with Crippen molar-refractivity contribution in [3.63, 3.8) is 0 Å². The molecule has 8 heteroatoms. The zero-order chi connectivity index (χ0) is 13.3. The largest absolute Gasteiger partial charge is 0.297 e. The molecule has 0 aliphatic rings. The van der Waals surface area contributed by atoms with Gasteiger partial charge in [-0.2, -0.15) is 0 Å². The lowest BCUT2D eigenvalue weighted by Gasteiger charge is -2.02. The summed E-state index contributed by atoms with van der Waals surface area (Å²) in [5.41, 5.74) is -0.00405. The molecule has 0 amide bonds. The lowest BCUT2D eigenvalue weighted by molar-refractivity contribution is -0.384. The lowest BCUT2D eigenvalue weighted by atomic mass is 10.2. The Hall–Kier alpha value is -1.83. The van der Waals surface area contributed by atoms with E-state index in [1.165, 1.54) is 18.3 Å². The Bertz CT molecular complexity index is 599. The number of alkyl halides is 1. The third-order valence-corrected chi connectivity index (χ3v) is 2.78. The highest BCUT2D eigenvalue weighted by molar-refractivity contribution is 9.09. The molecule has 18 heavy (non-hydrogen) atoms. The van der Waals surface area contributed by atoms with Crippen molar-refractivity contribution in [2.75, 3.05) is 0 Å². The number of nitrogens with zero attached hydrogens (tertiary/aromatic N) is 4. The first kappa shape index (κ1) is 12.6. The van der Waals surface area contributed by atoms with E-state index in [9.17, 15) is 14.5 Å². The Morgan fingerprint density at radius 1 is 1.56 bits per heavy atom. The zero-order valence-corrected chi connectivity index (χ0v) is 10.8. The van der Waals surface area contributed by atoms with Crippen LogP contribution in [0, 0.1) is 15.9 Å². The van der Waals surface area contributed by atoms with Crippen LogP contribution in [0.15, 0.2) is 24.4 Å². The number of rotatable bonds is 3. The summed E-state index contributed by atoms with van der Waals surface area (Å²) in [5.74, 6) is -0.720. The molecule has 2 rings (SSSR count). The second-order valence-electron chi connectivity index (χ2n) is 3.57. The van der Waals surface area contributed by atoms with E-state index in [1.807, 2.05) is 6.92 Å². The first-order chi connectivity index (χ1) is 8.50. The molecule has 6 nitrogen and oxygen atoms in total. The smallest absolute Gasteiger partial charge is 0.258 e. The Kier molecular flexibility index (Phi) is 3.37. The number of aromatic nitrogens is 3. The summed E-state index contributed by atoms with van der Waals surface area (Å²) in [5, 5.41) is 18.4. The van der Waals surface area contributed by atoms with Gasteiger partial charge in [0.15, 0.2) is 11.5 Å². The number of para-hydroxylation sites is 1. The van der Waals surface area contributed by atoms with Crippen molar-refractivity contribution in [1.29, 1.82) is 0 Å². The highest BCUT2D eigenvalue weighted by Gasteiger charge is 2.21. The standard InChI is InChI=1S/C10H8BrFN4O2/c1-6(11)8-5-15(14-13-8)10-7(12)3-2-4-9(10)16(17)18/h2-6H,1H3. The molecule has 0 fully saturated rings. The lowest BCUT2D eigenvalue weighted by Crippen LogP contribution is -2.03. The van der Waals surface area contributed by atoms with E-state index in [0.717, 1.165) is 10.7 Å². The molecule has 1 aromatic carbocycles. The van der Waals surface area contributed by atoms with Crippen LogP contribution in [-0.4, -0.2) is 19.9 Å². The summed E-state index contributed by atoms with van der Waals surface area (Å²) in [6, 6.07) is 3.64. The van der Waals surface area contributed by atoms with Gasteiger partial charge < -0.3 is 0 Å². The van der Waals surface area contributed by atoms with Gasteiger partial charge in [0.2, 0.25) is 0 Å². The minimum atomic E-state index is -0.720. The fourth-order valence-corrected chi connectivity index (χ4v) is 1.66. The third-order valence-electron chi connectivity index (χ3n) is 2.31. The number of nitro benzene ring substituents is 1. The Labute approximate surface area is 110 Å². The molecule has 2 aromatic rings. The Morgan fingerprint density at radius 3 is 2.83 bits per heavy atom. The van der Waals surface area contributed by atoms with Crippen LogP contribution in [0.25, 0.3) is 5.69 Å². The molecule has 0 aliphatic carbocycles. The molecule has 1 atom stereocenters. The second kappa shape index (κ2) is 4.81. The van der Waals surface area contributed by atoms with Gasteiger partial charge in [-0.05, 0) is 13.0 Å². The van der Waals surface area contributed by atoms with E-state index in [2.05, 4.69) is 26.2 Å². The predicted molar refractivity (Wildman–Crippen MR) is 65.3 cm³/mol. The summed E-state index contributed by atoms with van der Waals surface area (Å²) < 4.78 is 14.8. The summed E-state index contributed by atoms with van der Waals surface area (Å²) >= 11 is 3.29. The molecule has 1 aromatic heterocycles. The normalized spacial score (nSPS) is 12.4. The van der Waals surface area contributed by atoms with Crippen LogP contribution in [0.5, 0.6) is 0 Å². The van der Waals surface area contributed by atoms with Crippen molar-refractivity contribution in [3.8, 4) is 5.69 Å². The summed E-state index contributed by atoms with van der Waals surface area (Å²) in [7, 11) is 0. The van der Waals surface area contributed by atoms with Crippen molar-refractivity contribution in [2.24, 2.45) is 0 Å². The molecular weight excluding hydrogens is 307 g/mol. The summed E-state index contributed by atoms with van der Waals surface area (Å²) in [6.07, 6.45) is 1.45. The molecule has 0 saturated carbocycles. The summed E-state index contributed by atoms with van der Waals surface area (Å²) in [4.78, 5) is 10.1. The summed E-state index contributed by atoms with van der Waals surface area (Å²) in [6.45, 7) is 1.82. The minimum absolute atomic E-state index is 0.0721. The van der Waals surface area contributed by atoms with Gasteiger partial charge in [-0.3, -0.25) is 10.1 Å². The van der Waals surface area contributed by atoms with Crippen molar-refractivity contribution < 1.29 is 9.31 Å². The van der Waals surface area contributed by atoms with E-state index in [0.29, 0.717) is 5.69 Å². The molecule has 0 bridgehead atoms. The SMILES string of the molecule is CC(Br)c1cn(-c2c(F)cccc2[N+](=O)[O-])nn1. The van der Waals surface area contributed by atoms with Crippen LogP contribution in [0.4, 0.5) is 10.1 Å². The van der Waals surface area contributed by atoms with Gasteiger partial charge in [-0.25, -0.2) is 9.07 Å². The van der Waals surface area contributed by atoms with E-state index in [-0.39, 0.29) is 16.2 Å². The van der Waals surface area contributed by atoms with E-state index >= 15 is 0 Å². The number of hydrogen-bond acceptors (Lipinski definition) is 4. The number of nitro groups is 1. The van der Waals surface area contributed by atoms with Gasteiger partial charge in [0.1, 0.15) is 0 Å². The maximum absolute atomic E-state index is 13.7. The molecule has 1 heterocycles. The molecule has 0 aliphatic heterocycles. The van der Waals surface area contributed by atoms with E-state index in [4.69, 9.17) is 0 Å². The number of halogens is 2. The van der Waals surface area contributed by atoms with Gasteiger partial charge in [0.05, 0.1) is 21.6 Å². The Morgan fingerprint density at radius 2 is 2.28 bits per heavy atom. The van der Waals surface area contributed by atoms with Crippen LogP contribution in [0.2, 0.25) is 0 Å². The fraction of sp³-hybridized carbons (Fsp3) is 0.200. The van der Waals surface area contributed by atoms with Gasteiger partial charge in [0, 0.05) is 6.07 Å². The first-order valence-corrected chi connectivity index (χ1v) is 5.92. The van der Waals surface area contributed by atoms with Gasteiger partial charge >= 0.3 is 0 Å². The third kappa shape index (κ3) is 2.23. The van der Waals surface area contributed by atoms with Crippen LogP contribution in [0.1, 0.15) is 17.4 Å². The molecule has 0 N–H and O–H groups in total. The van der Waals surface area contributed by atoms with E-state index < -0.39 is 10.7 Å². The molecule has 0 saturated heterocycles. The first-order valence-electron chi connectivity index (χ1n) is 5.00. The quantitative estimate of drug-likeness (QED) is 0.496. The highest BCUT2D eigenvalue weighted by Crippen LogP contribution is 2.26. The van der Waals surface area contributed by atoms with Crippen molar-refractivity contribution >= 4 is 21.6 Å². The molecule has 94 valence electrons.